The lowest BCUT2D eigenvalue weighted by atomic mass is 10.1. The topological polar surface area (TPSA) is 58.6 Å². The van der Waals surface area contributed by atoms with Crippen molar-refractivity contribution in [1.82, 2.24) is 0 Å². The maximum atomic E-state index is 13.3. The number of para-hydroxylation sites is 1. The molecule has 0 bridgehead atoms. The molecule has 3 aromatic carbocycles. The van der Waals surface area contributed by atoms with E-state index in [2.05, 4.69) is 5.32 Å². The van der Waals surface area contributed by atoms with Gasteiger partial charge >= 0.3 is 0 Å². The number of anilines is 2. The molecular weight excluding hydrogens is 388 g/mol. The van der Waals surface area contributed by atoms with Crippen LogP contribution in [-0.4, -0.2) is 25.0 Å². The van der Waals surface area contributed by atoms with Gasteiger partial charge in [-0.15, -0.1) is 0 Å². The van der Waals surface area contributed by atoms with Crippen molar-refractivity contribution in [3.63, 3.8) is 0 Å². The summed E-state index contributed by atoms with van der Waals surface area (Å²) in [7, 11) is 1.52. The number of amides is 2. The molecule has 1 heterocycles. The van der Waals surface area contributed by atoms with E-state index >= 15 is 0 Å². The number of methoxy groups -OCH3 is 1. The number of hydrogen-bond acceptors (Lipinski definition) is 3. The second-order valence-corrected chi connectivity index (χ2v) is 7.16. The third-order valence-corrected chi connectivity index (χ3v) is 5.17. The smallest absolute Gasteiger partial charge is 0.259 e. The van der Waals surface area contributed by atoms with Gasteiger partial charge in [0.1, 0.15) is 11.8 Å². The summed E-state index contributed by atoms with van der Waals surface area (Å²) in [5, 5.41) is 3.35. The summed E-state index contributed by atoms with van der Waals surface area (Å²) in [6.07, 6.45) is 0.434. The highest BCUT2D eigenvalue weighted by Gasteiger charge is 2.38. The van der Waals surface area contributed by atoms with Gasteiger partial charge < -0.3 is 10.1 Å². The number of carbonyl (C=O) groups is 2. The van der Waals surface area contributed by atoms with E-state index in [1.54, 1.807) is 47.4 Å². The van der Waals surface area contributed by atoms with Crippen molar-refractivity contribution < 1.29 is 14.3 Å². The summed E-state index contributed by atoms with van der Waals surface area (Å²) in [6.45, 7) is 0. The van der Waals surface area contributed by atoms with Gasteiger partial charge in [0.05, 0.1) is 12.8 Å². The zero-order valence-corrected chi connectivity index (χ0v) is 16.5. The number of ether oxygens (including phenoxy) is 1. The van der Waals surface area contributed by atoms with Crippen molar-refractivity contribution >= 4 is 34.8 Å². The third kappa shape index (κ3) is 3.69. The number of carbonyl (C=O) groups excluding carboxylic acids is 2. The maximum Gasteiger partial charge on any atom is 0.259 e. The second-order valence-electron chi connectivity index (χ2n) is 6.72. The summed E-state index contributed by atoms with van der Waals surface area (Å²) in [5.41, 5.74) is 2.70. The van der Waals surface area contributed by atoms with Gasteiger partial charge in [-0.3, -0.25) is 14.5 Å². The minimum atomic E-state index is -0.677. The predicted octanol–water partition coefficient (Wildman–Crippen LogP) is 4.56. The Bertz CT molecular complexity index is 1070. The van der Waals surface area contributed by atoms with Crippen LogP contribution in [0.4, 0.5) is 11.4 Å². The Kier molecular flexibility index (Phi) is 5.23. The first-order valence-corrected chi connectivity index (χ1v) is 9.57. The van der Waals surface area contributed by atoms with Crippen molar-refractivity contribution in [2.75, 3.05) is 17.3 Å². The first-order valence-electron chi connectivity index (χ1n) is 9.19. The number of halogens is 1. The van der Waals surface area contributed by atoms with Gasteiger partial charge in [-0.05, 0) is 42.0 Å². The molecule has 1 unspecified atom stereocenters. The molecule has 0 saturated heterocycles. The van der Waals surface area contributed by atoms with E-state index in [1.807, 2.05) is 30.3 Å². The Morgan fingerprint density at radius 2 is 1.76 bits per heavy atom. The highest BCUT2D eigenvalue weighted by atomic mass is 35.5. The molecule has 0 radical (unpaired) electrons. The average Bonchev–Trinajstić information content (AvgIpc) is 3.14. The van der Waals surface area contributed by atoms with Crippen LogP contribution >= 0.6 is 11.6 Å². The van der Waals surface area contributed by atoms with Gasteiger partial charge in [0.25, 0.3) is 5.91 Å². The minimum absolute atomic E-state index is 0.214. The number of hydrogen-bond donors (Lipinski definition) is 1. The molecule has 5 nitrogen and oxygen atoms in total. The van der Waals surface area contributed by atoms with Crippen LogP contribution in [-0.2, 0) is 11.2 Å². The van der Waals surface area contributed by atoms with Crippen LogP contribution in [0.2, 0.25) is 5.02 Å². The molecule has 0 aliphatic carbocycles. The highest BCUT2D eigenvalue weighted by molar-refractivity contribution is 6.31. The Labute approximate surface area is 173 Å². The van der Waals surface area contributed by atoms with E-state index in [4.69, 9.17) is 16.3 Å². The predicted molar refractivity (Wildman–Crippen MR) is 114 cm³/mol. The number of rotatable bonds is 4. The van der Waals surface area contributed by atoms with Crippen LogP contribution in [0.25, 0.3) is 0 Å². The fourth-order valence-corrected chi connectivity index (χ4v) is 3.73. The summed E-state index contributed by atoms with van der Waals surface area (Å²) in [6, 6.07) is 20.9. The number of nitrogens with zero attached hydrogens (tertiary/aromatic N) is 1. The summed E-state index contributed by atoms with van der Waals surface area (Å²) in [4.78, 5) is 28.0. The summed E-state index contributed by atoms with van der Waals surface area (Å²) >= 11 is 6.08. The van der Waals surface area contributed by atoms with Gasteiger partial charge in [-0.25, -0.2) is 0 Å². The van der Waals surface area contributed by atoms with Crippen LogP contribution in [0.15, 0.2) is 72.8 Å². The number of benzene rings is 3. The van der Waals surface area contributed by atoms with Gasteiger partial charge in [0.15, 0.2) is 0 Å². The largest absolute Gasteiger partial charge is 0.495 e. The molecule has 6 heteroatoms. The number of fused-ring (bicyclic) bond motifs is 1. The second kappa shape index (κ2) is 7.97. The SMILES string of the molecule is COc1ccc(Cl)cc1NC(=O)C1Cc2ccccc2N1C(=O)c1ccccc1. The van der Waals surface area contributed by atoms with E-state index in [0.717, 1.165) is 11.3 Å². The van der Waals surface area contributed by atoms with E-state index in [0.29, 0.717) is 28.4 Å². The van der Waals surface area contributed by atoms with Crippen LogP contribution in [0.5, 0.6) is 5.75 Å². The molecule has 29 heavy (non-hydrogen) atoms. The van der Waals surface area contributed by atoms with E-state index in [9.17, 15) is 9.59 Å². The standard InChI is InChI=1S/C23H19ClN2O3/c1-29-21-12-11-17(24)14-18(21)25-22(27)20-13-16-9-5-6-10-19(16)26(20)23(28)15-7-3-2-4-8-15/h2-12,14,20H,13H2,1H3,(H,25,27). The van der Waals surface area contributed by atoms with Gasteiger partial charge in [0, 0.05) is 22.7 Å². The lowest BCUT2D eigenvalue weighted by Crippen LogP contribution is -2.45. The van der Waals surface area contributed by atoms with Crippen molar-refractivity contribution in [3.05, 3.63) is 88.9 Å². The molecule has 3 aromatic rings. The minimum Gasteiger partial charge on any atom is -0.495 e. The molecule has 4 rings (SSSR count). The van der Waals surface area contributed by atoms with Gasteiger partial charge in [-0.1, -0.05) is 48.0 Å². The Balaban J connectivity index is 1.68. The highest BCUT2D eigenvalue weighted by Crippen LogP contribution is 2.35. The van der Waals surface area contributed by atoms with E-state index in [1.165, 1.54) is 7.11 Å². The average molecular weight is 407 g/mol. The molecule has 0 spiro atoms. The molecule has 1 aliphatic heterocycles. The lowest BCUT2D eigenvalue weighted by Gasteiger charge is -2.25. The summed E-state index contributed by atoms with van der Waals surface area (Å²) < 4.78 is 5.32. The van der Waals surface area contributed by atoms with Crippen LogP contribution in [0.1, 0.15) is 15.9 Å². The molecule has 0 fully saturated rings. The van der Waals surface area contributed by atoms with Crippen molar-refractivity contribution in [3.8, 4) is 5.75 Å². The summed E-state index contributed by atoms with van der Waals surface area (Å²) in [5.74, 6) is -0.0148. The van der Waals surface area contributed by atoms with Gasteiger partial charge in [-0.2, -0.15) is 0 Å². The molecule has 1 aliphatic rings. The quantitative estimate of drug-likeness (QED) is 0.691. The van der Waals surface area contributed by atoms with Crippen molar-refractivity contribution in [2.45, 2.75) is 12.5 Å². The first-order chi connectivity index (χ1) is 14.1. The van der Waals surface area contributed by atoms with Crippen LogP contribution in [0.3, 0.4) is 0 Å². The molecule has 2 amide bonds. The van der Waals surface area contributed by atoms with E-state index in [-0.39, 0.29) is 11.8 Å². The zero-order chi connectivity index (χ0) is 20.4. The molecule has 1 atom stereocenters. The number of nitrogens with one attached hydrogen (secondary N) is 1. The molecule has 0 saturated carbocycles. The van der Waals surface area contributed by atoms with E-state index < -0.39 is 6.04 Å². The maximum absolute atomic E-state index is 13.3. The third-order valence-electron chi connectivity index (χ3n) is 4.94. The molecular formula is C23H19ClN2O3. The monoisotopic (exact) mass is 406 g/mol. The fourth-order valence-electron chi connectivity index (χ4n) is 3.56. The van der Waals surface area contributed by atoms with Crippen LogP contribution in [0, 0.1) is 0 Å². The molecule has 0 aromatic heterocycles. The Morgan fingerprint density at radius 3 is 2.52 bits per heavy atom. The molecule has 1 N–H and O–H groups in total. The zero-order valence-electron chi connectivity index (χ0n) is 15.8. The normalized spacial score (nSPS) is 15.0. The van der Waals surface area contributed by atoms with Gasteiger partial charge in [0.2, 0.25) is 5.91 Å². The lowest BCUT2D eigenvalue weighted by molar-refractivity contribution is -0.117. The molecule has 146 valence electrons. The Morgan fingerprint density at radius 1 is 1.03 bits per heavy atom. The van der Waals surface area contributed by atoms with Crippen molar-refractivity contribution in [2.24, 2.45) is 0 Å². The first kappa shape index (κ1) is 19.0. The van der Waals surface area contributed by atoms with Crippen LogP contribution < -0.4 is 15.0 Å². The van der Waals surface area contributed by atoms with Crippen molar-refractivity contribution in [1.29, 1.82) is 0 Å². The fraction of sp³-hybridized carbons (Fsp3) is 0.130. The Hall–Kier alpha value is -3.31.